The lowest BCUT2D eigenvalue weighted by Gasteiger charge is -2.11. The van der Waals surface area contributed by atoms with E-state index in [1.165, 1.54) is 6.92 Å². The molecule has 1 aromatic carbocycles. The number of carbonyl (C=O) groups excluding carboxylic acids is 1. The SMILES string of the molecule is C/C(=N\O)C(=O)Nc1c(C)cc(O)cc1C. The molecular formula is C11H14N2O3. The van der Waals surface area contributed by atoms with Crippen LogP contribution in [-0.2, 0) is 4.79 Å². The van der Waals surface area contributed by atoms with E-state index in [9.17, 15) is 9.90 Å². The number of phenols is 1. The van der Waals surface area contributed by atoms with Gasteiger partial charge in [0.2, 0.25) is 0 Å². The number of oxime groups is 1. The standard InChI is InChI=1S/C11H14N2O3/c1-6-4-9(14)5-7(2)10(6)12-11(15)8(3)13-16/h4-5,14,16H,1-3H3,(H,12,15)/b13-8+. The van der Waals surface area contributed by atoms with Gasteiger partial charge >= 0.3 is 0 Å². The van der Waals surface area contributed by atoms with Crippen LogP contribution >= 0.6 is 0 Å². The van der Waals surface area contributed by atoms with Crippen molar-refractivity contribution >= 4 is 17.3 Å². The number of benzene rings is 1. The first kappa shape index (κ1) is 12.0. The third-order valence-corrected chi connectivity index (χ3v) is 2.23. The molecule has 5 nitrogen and oxygen atoms in total. The Morgan fingerprint density at radius 1 is 1.31 bits per heavy atom. The minimum Gasteiger partial charge on any atom is -0.508 e. The van der Waals surface area contributed by atoms with Crippen LogP contribution in [0.2, 0.25) is 0 Å². The zero-order valence-corrected chi connectivity index (χ0v) is 9.40. The van der Waals surface area contributed by atoms with Crippen molar-refractivity contribution in [3.05, 3.63) is 23.3 Å². The Kier molecular flexibility index (Phi) is 3.50. The van der Waals surface area contributed by atoms with E-state index in [1.54, 1.807) is 26.0 Å². The van der Waals surface area contributed by atoms with Gasteiger partial charge in [0, 0.05) is 5.69 Å². The topological polar surface area (TPSA) is 81.9 Å². The van der Waals surface area contributed by atoms with Crippen molar-refractivity contribution in [2.24, 2.45) is 5.16 Å². The number of phenolic OH excluding ortho intramolecular Hbond substituents is 1. The number of rotatable bonds is 2. The van der Waals surface area contributed by atoms with Crippen LogP contribution in [0.4, 0.5) is 5.69 Å². The maximum atomic E-state index is 11.5. The highest BCUT2D eigenvalue weighted by molar-refractivity contribution is 6.42. The summed E-state index contributed by atoms with van der Waals surface area (Å²) in [5, 5.41) is 23.2. The molecule has 5 heteroatoms. The van der Waals surface area contributed by atoms with Crippen molar-refractivity contribution in [3.8, 4) is 5.75 Å². The Morgan fingerprint density at radius 2 is 1.81 bits per heavy atom. The van der Waals surface area contributed by atoms with Crippen molar-refractivity contribution < 1.29 is 15.1 Å². The predicted octanol–water partition coefficient (Wildman–Crippen LogP) is 1.80. The quantitative estimate of drug-likeness (QED) is 0.309. The monoisotopic (exact) mass is 222 g/mol. The summed E-state index contributed by atoms with van der Waals surface area (Å²) in [4.78, 5) is 11.5. The minimum atomic E-state index is -0.473. The lowest BCUT2D eigenvalue weighted by Crippen LogP contribution is -2.21. The van der Waals surface area contributed by atoms with Crippen LogP contribution in [0.25, 0.3) is 0 Å². The van der Waals surface area contributed by atoms with E-state index in [4.69, 9.17) is 5.21 Å². The molecule has 0 saturated heterocycles. The molecule has 0 saturated carbocycles. The van der Waals surface area contributed by atoms with Crippen LogP contribution < -0.4 is 5.32 Å². The van der Waals surface area contributed by atoms with Gasteiger partial charge in [-0.05, 0) is 44.0 Å². The highest BCUT2D eigenvalue weighted by Crippen LogP contribution is 2.25. The van der Waals surface area contributed by atoms with Crippen molar-refractivity contribution in [3.63, 3.8) is 0 Å². The number of hydrogen-bond donors (Lipinski definition) is 3. The smallest absolute Gasteiger partial charge is 0.273 e. The fraction of sp³-hybridized carbons (Fsp3) is 0.273. The molecule has 0 aliphatic carbocycles. The molecule has 0 unspecified atom stereocenters. The summed E-state index contributed by atoms with van der Waals surface area (Å²) in [5.74, 6) is -0.320. The fourth-order valence-corrected chi connectivity index (χ4v) is 1.39. The summed E-state index contributed by atoms with van der Waals surface area (Å²) in [5.41, 5.74) is 2.09. The van der Waals surface area contributed by atoms with Gasteiger partial charge in [-0.15, -0.1) is 0 Å². The molecule has 16 heavy (non-hydrogen) atoms. The molecule has 3 N–H and O–H groups in total. The normalized spacial score (nSPS) is 11.3. The molecule has 86 valence electrons. The number of amides is 1. The number of carbonyl (C=O) groups is 1. The first-order valence-electron chi connectivity index (χ1n) is 4.76. The molecule has 0 bridgehead atoms. The van der Waals surface area contributed by atoms with Crippen LogP contribution in [0, 0.1) is 13.8 Å². The molecule has 1 amide bonds. The second-order valence-corrected chi connectivity index (χ2v) is 3.59. The second-order valence-electron chi connectivity index (χ2n) is 3.59. The molecule has 0 fully saturated rings. The number of anilines is 1. The van der Waals surface area contributed by atoms with E-state index in [-0.39, 0.29) is 11.5 Å². The third kappa shape index (κ3) is 2.50. The van der Waals surface area contributed by atoms with Crippen LogP contribution in [-0.4, -0.2) is 21.9 Å². The molecule has 0 heterocycles. The summed E-state index contributed by atoms with van der Waals surface area (Å²) >= 11 is 0. The molecule has 0 radical (unpaired) electrons. The van der Waals surface area contributed by atoms with E-state index >= 15 is 0 Å². The van der Waals surface area contributed by atoms with E-state index in [2.05, 4.69) is 10.5 Å². The molecular weight excluding hydrogens is 208 g/mol. The Labute approximate surface area is 93.4 Å². The molecule has 0 aromatic heterocycles. The van der Waals surface area contributed by atoms with Crippen molar-refractivity contribution in [2.75, 3.05) is 5.32 Å². The van der Waals surface area contributed by atoms with E-state index in [0.717, 1.165) is 11.1 Å². The first-order valence-corrected chi connectivity index (χ1v) is 4.76. The van der Waals surface area contributed by atoms with E-state index in [0.29, 0.717) is 5.69 Å². The van der Waals surface area contributed by atoms with Gasteiger partial charge < -0.3 is 15.6 Å². The lowest BCUT2D eigenvalue weighted by molar-refractivity contribution is -0.110. The molecule has 1 rings (SSSR count). The Morgan fingerprint density at radius 3 is 2.25 bits per heavy atom. The highest BCUT2D eigenvalue weighted by atomic mass is 16.4. The highest BCUT2D eigenvalue weighted by Gasteiger charge is 2.11. The molecule has 0 aliphatic rings. The zero-order chi connectivity index (χ0) is 12.3. The molecule has 1 aromatic rings. The van der Waals surface area contributed by atoms with E-state index in [1.807, 2.05) is 0 Å². The number of hydrogen-bond acceptors (Lipinski definition) is 4. The summed E-state index contributed by atoms with van der Waals surface area (Å²) < 4.78 is 0. The summed E-state index contributed by atoms with van der Waals surface area (Å²) in [7, 11) is 0. The minimum absolute atomic E-state index is 0.0214. The average Bonchev–Trinajstić information content (AvgIpc) is 2.21. The first-order chi connectivity index (χ1) is 7.45. The number of nitrogens with zero attached hydrogens (tertiary/aromatic N) is 1. The van der Waals surface area contributed by atoms with Gasteiger partial charge in [0.15, 0.2) is 0 Å². The molecule has 0 atom stereocenters. The average molecular weight is 222 g/mol. The molecule has 0 spiro atoms. The Hall–Kier alpha value is -2.04. The van der Waals surface area contributed by atoms with Crippen molar-refractivity contribution in [1.82, 2.24) is 0 Å². The van der Waals surface area contributed by atoms with Gasteiger partial charge in [-0.2, -0.15) is 0 Å². The third-order valence-electron chi connectivity index (χ3n) is 2.23. The van der Waals surface area contributed by atoms with Gasteiger partial charge in [-0.25, -0.2) is 0 Å². The predicted molar refractivity (Wildman–Crippen MR) is 61.1 cm³/mol. The molecule has 0 aliphatic heterocycles. The number of aromatic hydroxyl groups is 1. The second kappa shape index (κ2) is 4.65. The lowest BCUT2D eigenvalue weighted by atomic mass is 10.1. The zero-order valence-electron chi connectivity index (χ0n) is 9.40. The van der Waals surface area contributed by atoms with Gasteiger partial charge in [0.1, 0.15) is 11.5 Å². The van der Waals surface area contributed by atoms with Gasteiger partial charge in [-0.1, -0.05) is 5.16 Å². The fourth-order valence-electron chi connectivity index (χ4n) is 1.39. The van der Waals surface area contributed by atoms with E-state index < -0.39 is 5.91 Å². The summed E-state index contributed by atoms with van der Waals surface area (Å²) in [6.45, 7) is 4.95. The Bertz CT molecular complexity index is 430. The maximum absolute atomic E-state index is 11.5. The van der Waals surface area contributed by atoms with Crippen molar-refractivity contribution in [1.29, 1.82) is 0 Å². The van der Waals surface area contributed by atoms with Crippen LogP contribution in [0.15, 0.2) is 17.3 Å². The van der Waals surface area contributed by atoms with Crippen LogP contribution in [0.5, 0.6) is 5.75 Å². The largest absolute Gasteiger partial charge is 0.508 e. The Balaban J connectivity index is 3.03. The maximum Gasteiger partial charge on any atom is 0.273 e. The van der Waals surface area contributed by atoms with Crippen LogP contribution in [0.1, 0.15) is 18.1 Å². The van der Waals surface area contributed by atoms with Crippen LogP contribution in [0.3, 0.4) is 0 Å². The van der Waals surface area contributed by atoms with Gasteiger partial charge in [0.25, 0.3) is 5.91 Å². The van der Waals surface area contributed by atoms with Gasteiger partial charge in [0.05, 0.1) is 0 Å². The summed E-state index contributed by atoms with van der Waals surface area (Å²) in [6, 6.07) is 3.10. The van der Waals surface area contributed by atoms with Gasteiger partial charge in [-0.3, -0.25) is 4.79 Å². The van der Waals surface area contributed by atoms with Crippen molar-refractivity contribution in [2.45, 2.75) is 20.8 Å². The number of aryl methyl sites for hydroxylation is 2. The number of nitrogens with one attached hydrogen (secondary N) is 1. The summed E-state index contributed by atoms with van der Waals surface area (Å²) in [6.07, 6.45) is 0.